The number of phenolic OH excluding ortho intramolecular Hbond substituents is 1. The Morgan fingerprint density at radius 3 is 2.50 bits per heavy atom. The normalized spacial score (nSPS) is 11.0. The maximum atomic E-state index is 9.37. The van der Waals surface area contributed by atoms with E-state index in [1.807, 2.05) is 18.2 Å². The minimum absolute atomic E-state index is 0.279. The molecule has 1 aromatic heterocycles. The van der Waals surface area contributed by atoms with Crippen LogP contribution in [0.1, 0.15) is 31.7 Å². The highest BCUT2D eigenvalue weighted by Crippen LogP contribution is 2.23. The van der Waals surface area contributed by atoms with Crippen LogP contribution in [0, 0.1) is 0 Å². The number of nitrogens with zero attached hydrogens (tertiary/aromatic N) is 1. The minimum atomic E-state index is 0.279. The Morgan fingerprint density at radius 2 is 1.73 bits per heavy atom. The highest BCUT2D eigenvalue weighted by Gasteiger charge is 2.03. The summed E-state index contributed by atoms with van der Waals surface area (Å²) < 4.78 is 0. The molecule has 0 aliphatic carbocycles. The van der Waals surface area contributed by atoms with Crippen LogP contribution in [0.15, 0.2) is 54.6 Å². The van der Waals surface area contributed by atoms with Crippen molar-refractivity contribution in [2.75, 3.05) is 0 Å². The van der Waals surface area contributed by atoms with Crippen molar-refractivity contribution >= 4 is 10.9 Å². The van der Waals surface area contributed by atoms with Crippen molar-refractivity contribution in [1.29, 1.82) is 0 Å². The van der Waals surface area contributed by atoms with E-state index in [1.165, 1.54) is 30.2 Å². The van der Waals surface area contributed by atoms with Crippen LogP contribution in [0.25, 0.3) is 22.2 Å². The minimum Gasteiger partial charge on any atom is -0.508 e. The van der Waals surface area contributed by atoms with E-state index in [2.05, 4.69) is 31.2 Å². The monoisotopic (exact) mass is 291 g/mol. The van der Waals surface area contributed by atoms with Crippen LogP contribution >= 0.6 is 0 Å². The van der Waals surface area contributed by atoms with Gasteiger partial charge >= 0.3 is 0 Å². The Balaban J connectivity index is 1.87. The second kappa shape index (κ2) is 6.61. The number of aromatic hydroxyl groups is 1. The number of aromatic nitrogens is 1. The second-order valence-electron chi connectivity index (χ2n) is 5.73. The molecule has 0 bridgehead atoms. The van der Waals surface area contributed by atoms with E-state index in [0.29, 0.717) is 0 Å². The number of phenols is 1. The molecule has 0 aliphatic heterocycles. The molecule has 0 saturated heterocycles. The average molecular weight is 291 g/mol. The molecule has 112 valence electrons. The first-order valence-electron chi connectivity index (χ1n) is 7.95. The van der Waals surface area contributed by atoms with Crippen LogP contribution in [0.5, 0.6) is 5.75 Å². The first-order chi connectivity index (χ1) is 10.8. The summed E-state index contributed by atoms with van der Waals surface area (Å²) in [5, 5.41) is 10.6. The molecule has 1 N–H and O–H groups in total. The highest BCUT2D eigenvalue weighted by molar-refractivity contribution is 5.82. The lowest BCUT2D eigenvalue weighted by Crippen LogP contribution is -1.89. The molecule has 0 saturated carbocycles. The van der Waals surface area contributed by atoms with Gasteiger partial charge in [-0.2, -0.15) is 0 Å². The summed E-state index contributed by atoms with van der Waals surface area (Å²) in [7, 11) is 0. The molecule has 1 heterocycles. The number of fused-ring (bicyclic) bond motifs is 1. The van der Waals surface area contributed by atoms with Crippen molar-refractivity contribution in [3.8, 4) is 17.0 Å². The van der Waals surface area contributed by atoms with Gasteiger partial charge in [0.15, 0.2) is 0 Å². The largest absolute Gasteiger partial charge is 0.508 e. The Bertz CT molecular complexity index is 762. The maximum Gasteiger partial charge on any atom is 0.115 e. The first kappa shape index (κ1) is 14.6. The molecule has 3 aromatic rings. The summed E-state index contributed by atoms with van der Waals surface area (Å²) in [5.74, 6) is 0.279. The lowest BCUT2D eigenvalue weighted by atomic mass is 10.0. The van der Waals surface area contributed by atoms with Crippen molar-refractivity contribution < 1.29 is 5.11 Å². The van der Waals surface area contributed by atoms with Gasteiger partial charge in [0, 0.05) is 10.9 Å². The molecule has 0 radical (unpaired) electrons. The number of hydrogen-bond acceptors (Lipinski definition) is 2. The summed E-state index contributed by atoms with van der Waals surface area (Å²) in [6.45, 7) is 2.23. The number of unbranched alkanes of at least 4 members (excludes halogenated alkanes) is 2. The van der Waals surface area contributed by atoms with E-state index in [9.17, 15) is 5.11 Å². The number of benzene rings is 2. The van der Waals surface area contributed by atoms with E-state index < -0.39 is 0 Å². The molecule has 22 heavy (non-hydrogen) atoms. The van der Waals surface area contributed by atoms with Crippen molar-refractivity contribution in [2.24, 2.45) is 0 Å². The van der Waals surface area contributed by atoms with Gasteiger partial charge in [-0.3, -0.25) is 0 Å². The molecule has 0 spiro atoms. The third kappa shape index (κ3) is 3.28. The van der Waals surface area contributed by atoms with E-state index in [1.54, 1.807) is 12.1 Å². The third-order valence-electron chi connectivity index (χ3n) is 3.99. The summed E-state index contributed by atoms with van der Waals surface area (Å²) in [5.41, 5.74) is 4.36. The maximum absolute atomic E-state index is 9.37. The summed E-state index contributed by atoms with van der Waals surface area (Å²) >= 11 is 0. The average Bonchev–Trinajstić information content (AvgIpc) is 2.55. The molecule has 3 rings (SSSR count). The van der Waals surface area contributed by atoms with Gasteiger partial charge < -0.3 is 5.11 Å². The van der Waals surface area contributed by atoms with E-state index >= 15 is 0 Å². The molecular formula is C20H21NO. The predicted octanol–water partition coefficient (Wildman–Crippen LogP) is 5.34. The number of hydrogen-bond donors (Lipinski definition) is 1. The van der Waals surface area contributed by atoms with Gasteiger partial charge in [0.05, 0.1) is 11.2 Å². The topological polar surface area (TPSA) is 33.1 Å². The van der Waals surface area contributed by atoms with Crippen molar-refractivity contribution in [2.45, 2.75) is 32.6 Å². The summed E-state index contributed by atoms with van der Waals surface area (Å²) in [6.07, 6.45) is 4.94. The number of aryl methyl sites for hydroxylation is 1. The van der Waals surface area contributed by atoms with Crippen molar-refractivity contribution in [3.05, 3.63) is 60.2 Å². The summed E-state index contributed by atoms with van der Waals surface area (Å²) in [4.78, 5) is 4.73. The lowest BCUT2D eigenvalue weighted by molar-refractivity contribution is 0.475. The number of pyridine rings is 1. The predicted molar refractivity (Wildman–Crippen MR) is 92.1 cm³/mol. The second-order valence-corrected chi connectivity index (χ2v) is 5.73. The zero-order valence-electron chi connectivity index (χ0n) is 12.9. The molecule has 0 amide bonds. The van der Waals surface area contributed by atoms with E-state index in [0.717, 1.165) is 23.2 Å². The van der Waals surface area contributed by atoms with Gasteiger partial charge in [0.25, 0.3) is 0 Å². The van der Waals surface area contributed by atoms with Crippen LogP contribution in [-0.2, 0) is 6.42 Å². The SMILES string of the molecule is CCCCCc1ccc2nc(-c3ccc(O)cc3)ccc2c1. The lowest BCUT2D eigenvalue weighted by Gasteiger charge is -2.06. The zero-order valence-corrected chi connectivity index (χ0v) is 12.9. The van der Waals surface area contributed by atoms with Gasteiger partial charge in [0.1, 0.15) is 5.75 Å². The standard InChI is InChI=1S/C20H21NO/c1-2-3-4-5-15-6-12-20-17(14-15)9-13-19(21-20)16-7-10-18(22)11-8-16/h6-14,22H,2-5H2,1H3. The summed E-state index contributed by atoms with van der Waals surface area (Å²) in [6, 6.07) is 17.9. The first-order valence-corrected chi connectivity index (χ1v) is 7.95. The smallest absolute Gasteiger partial charge is 0.115 e. The Kier molecular flexibility index (Phi) is 4.38. The van der Waals surface area contributed by atoms with Crippen LogP contribution in [-0.4, -0.2) is 10.1 Å². The van der Waals surface area contributed by atoms with E-state index in [4.69, 9.17) is 4.98 Å². The van der Waals surface area contributed by atoms with Gasteiger partial charge in [-0.25, -0.2) is 4.98 Å². The molecule has 2 aromatic carbocycles. The van der Waals surface area contributed by atoms with Gasteiger partial charge in [-0.05, 0) is 60.9 Å². The highest BCUT2D eigenvalue weighted by atomic mass is 16.3. The van der Waals surface area contributed by atoms with Gasteiger partial charge in [-0.15, -0.1) is 0 Å². The third-order valence-corrected chi connectivity index (χ3v) is 3.99. The fourth-order valence-electron chi connectivity index (χ4n) is 2.70. The van der Waals surface area contributed by atoms with Gasteiger partial charge in [0.2, 0.25) is 0 Å². The molecule has 0 fully saturated rings. The molecule has 2 nitrogen and oxygen atoms in total. The van der Waals surface area contributed by atoms with Crippen LogP contribution < -0.4 is 0 Å². The van der Waals surface area contributed by atoms with Gasteiger partial charge in [-0.1, -0.05) is 31.9 Å². The van der Waals surface area contributed by atoms with E-state index in [-0.39, 0.29) is 5.75 Å². The molecule has 2 heteroatoms. The van der Waals surface area contributed by atoms with Crippen LogP contribution in [0.4, 0.5) is 0 Å². The Hall–Kier alpha value is -2.35. The fraction of sp³-hybridized carbons (Fsp3) is 0.250. The molecule has 0 unspecified atom stereocenters. The number of rotatable bonds is 5. The van der Waals surface area contributed by atoms with Crippen LogP contribution in [0.2, 0.25) is 0 Å². The van der Waals surface area contributed by atoms with Crippen LogP contribution in [0.3, 0.4) is 0 Å². The quantitative estimate of drug-likeness (QED) is 0.644. The fourth-order valence-corrected chi connectivity index (χ4v) is 2.70. The molecule has 0 atom stereocenters. The molecule has 0 aliphatic rings. The molecular weight excluding hydrogens is 270 g/mol. The zero-order chi connectivity index (χ0) is 15.4. The Labute approximate surface area is 131 Å². The van der Waals surface area contributed by atoms with Crippen molar-refractivity contribution in [1.82, 2.24) is 4.98 Å². The van der Waals surface area contributed by atoms with Crippen molar-refractivity contribution in [3.63, 3.8) is 0 Å². The Morgan fingerprint density at radius 1 is 0.909 bits per heavy atom.